The topological polar surface area (TPSA) is 70.1 Å². The number of aromatic nitrogens is 2. The van der Waals surface area contributed by atoms with E-state index in [4.69, 9.17) is 10.5 Å². The third kappa shape index (κ3) is 1.39. The maximum absolute atomic E-state index is 11.1. The van der Waals surface area contributed by atoms with Crippen molar-refractivity contribution in [1.29, 1.82) is 0 Å². The second-order valence-corrected chi connectivity index (χ2v) is 3.37. The van der Waals surface area contributed by atoms with Crippen molar-refractivity contribution in [1.82, 2.24) is 9.78 Å². The number of ether oxygens (including phenoxy) is 1. The van der Waals surface area contributed by atoms with Gasteiger partial charge in [0.2, 0.25) is 0 Å². The summed E-state index contributed by atoms with van der Waals surface area (Å²) < 4.78 is 7.06. The van der Waals surface area contributed by atoms with Crippen molar-refractivity contribution >= 4 is 5.91 Å². The molecule has 2 rings (SSSR count). The predicted octanol–water partition coefficient (Wildman–Crippen LogP) is -0.366. The normalized spacial score (nSPS) is 16.1. The average molecular weight is 195 g/mol. The first kappa shape index (κ1) is 9.21. The Balaban J connectivity index is 2.49. The van der Waals surface area contributed by atoms with E-state index in [2.05, 4.69) is 5.10 Å². The highest BCUT2D eigenvalue weighted by atomic mass is 16.5. The van der Waals surface area contributed by atoms with E-state index in [0.717, 1.165) is 24.1 Å². The summed E-state index contributed by atoms with van der Waals surface area (Å²) in [6.45, 7) is 1.32. The van der Waals surface area contributed by atoms with Crippen molar-refractivity contribution in [2.45, 2.75) is 12.8 Å². The van der Waals surface area contributed by atoms with Crippen LogP contribution in [0.15, 0.2) is 0 Å². The molecule has 5 heteroatoms. The highest BCUT2D eigenvalue weighted by Gasteiger charge is 2.20. The molecular weight excluding hydrogens is 182 g/mol. The second kappa shape index (κ2) is 3.42. The van der Waals surface area contributed by atoms with Crippen LogP contribution in [0.4, 0.5) is 0 Å². The second-order valence-electron chi connectivity index (χ2n) is 3.37. The lowest BCUT2D eigenvalue weighted by Gasteiger charge is -1.98. The number of nitrogens with zero attached hydrogens (tertiary/aromatic N) is 2. The molecule has 0 aromatic carbocycles. The molecule has 0 bridgehead atoms. The molecule has 14 heavy (non-hydrogen) atoms. The molecule has 76 valence electrons. The number of carbonyl (C=O) groups is 1. The molecule has 0 saturated carbocycles. The smallest absolute Gasteiger partial charge is 0.269 e. The van der Waals surface area contributed by atoms with Gasteiger partial charge in [-0.3, -0.25) is 9.48 Å². The lowest BCUT2D eigenvalue weighted by molar-refractivity contribution is 0.0993. The van der Waals surface area contributed by atoms with Gasteiger partial charge in [0.1, 0.15) is 0 Å². The summed E-state index contributed by atoms with van der Waals surface area (Å²) >= 11 is 0. The minimum atomic E-state index is -0.455. The van der Waals surface area contributed by atoms with Crippen molar-refractivity contribution < 1.29 is 9.53 Å². The van der Waals surface area contributed by atoms with E-state index in [1.54, 1.807) is 4.68 Å². The van der Waals surface area contributed by atoms with Gasteiger partial charge < -0.3 is 10.5 Å². The number of rotatable bonds is 1. The van der Waals surface area contributed by atoms with Gasteiger partial charge in [-0.25, -0.2) is 0 Å². The molecule has 0 fully saturated rings. The van der Waals surface area contributed by atoms with E-state index in [9.17, 15) is 4.79 Å². The Hall–Kier alpha value is -1.36. The van der Waals surface area contributed by atoms with Gasteiger partial charge in [0, 0.05) is 24.7 Å². The molecule has 1 aromatic heterocycles. The monoisotopic (exact) mass is 195 g/mol. The highest BCUT2D eigenvalue weighted by molar-refractivity contribution is 5.92. The van der Waals surface area contributed by atoms with E-state index in [1.807, 2.05) is 7.05 Å². The number of fused-ring (bicyclic) bond motifs is 1. The van der Waals surface area contributed by atoms with Gasteiger partial charge in [-0.1, -0.05) is 0 Å². The molecule has 2 heterocycles. The SMILES string of the molecule is Cn1nc(C(N)=O)c2c1CCOCC2. The fraction of sp³-hybridized carbons (Fsp3) is 0.556. The molecule has 2 N–H and O–H groups in total. The molecular formula is C9H13N3O2. The first-order valence-electron chi connectivity index (χ1n) is 4.62. The summed E-state index contributed by atoms with van der Waals surface area (Å²) in [6, 6.07) is 0. The molecule has 1 aliphatic heterocycles. The summed E-state index contributed by atoms with van der Waals surface area (Å²) in [6.07, 6.45) is 1.52. The van der Waals surface area contributed by atoms with Crippen LogP contribution >= 0.6 is 0 Å². The Morgan fingerprint density at radius 1 is 1.50 bits per heavy atom. The zero-order valence-electron chi connectivity index (χ0n) is 8.12. The van der Waals surface area contributed by atoms with Gasteiger partial charge in [0.05, 0.1) is 13.2 Å². The molecule has 0 radical (unpaired) electrons. The number of carbonyl (C=O) groups excluding carboxylic acids is 1. The minimum Gasteiger partial charge on any atom is -0.381 e. The maximum atomic E-state index is 11.1. The molecule has 1 aromatic rings. The van der Waals surface area contributed by atoms with Crippen molar-refractivity contribution in [2.24, 2.45) is 12.8 Å². The lowest BCUT2D eigenvalue weighted by Crippen LogP contribution is -2.14. The van der Waals surface area contributed by atoms with Crippen LogP contribution < -0.4 is 5.73 Å². The van der Waals surface area contributed by atoms with Crippen LogP contribution in [-0.4, -0.2) is 28.9 Å². The zero-order chi connectivity index (χ0) is 10.1. The van der Waals surface area contributed by atoms with Gasteiger partial charge in [0.15, 0.2) is 5.69 Å². The fourth-order valence-electron chi connectivity index (χ4n) is 1.82. The van der Waals surface area contributed by atoms with Crippen LogP contribution in [0.25, 0.3) is 0 Å². The molecule has 0 aliphatic carbocycles. The average Bonchev–Trinajstić information content (AvgIpc) is 2.38. The fourth-order valence-corrected chi connectivity index (χ4v) is 1.82. The molecule has 5 nitrogen and oxygen atoms in total. The van der Waals surface area contributed by atoms with Crippen LogP contribution in [0, 0.1) is 0 Å². The van der Waals surface area contributed by atoms with Crippen molar-refractivity contribution in [3.05, 3.63) is 17.0 Å². The molecule has 0 unspecified atom stereocenters. The number of hydrogen-bond donors (Lipinski definition) is 1. The highest BCUT2D eigenvalue weighted by Crippen LogP contribution is 2.17. The maximum Gasteiger partial charge on any atom is 0.269 e. The van der Waals surface area contributed by atoms with Crippen molar-refractivity contribution in [3.63, 3.8) is 0 Å². The Morgan fingerprint density at radius 3 is 2.93 bits per heavy atom. The molecule has 1 aliphatic rings. The van der Waals surface area contributed by atoms with Crippen LogP contribution in [0.1, 0.15) is 21.7 Å². The van der Waals surface area contributed by atoms with E-state index in [0.29, 0.717) is 18.9 Å². The first-order valence-corrected chi connectivity index (χ1v) is 4.62. The minimum absolute atomic E-state index is 0.396. The Labute approximate surface area is 81.8 Å². The molecule has 0 spiro atoms. The van der Waals surface area contributed by atoms with Crippen molar-refractivity contribution in [2.75, 3.05) is 13.2 Å². The summed E-state index contributed by atoms with van der Waals surface area (Å²) in [5.41, 5.74) is 7.66. The van der Waals surface area contributed by atoms with Gasteiger partial charge in [-0.15, -0.1) is 0 Å². The number of aryl methyl sites for hydroxylation is 1. The molecule has 1 amide bonds. The van der Waals surface area contributed by atoms with Crippen LogP contribution in [-0.2, 0) is 24.6 Å². The summed E-state index contributed by atoms with van der Waals surface area (Å²) in [4.78, 5) is 11.1. The quantitative estimate of drug-likeness (QED) is 0.665. The number of nitrogens with two attached hydrogens (primary N) is 1. The van der Waals surface area contributed by atoms with E-state index < -0.39 is 5.91 Å². The van der Waals surface area contributed by atoms with E-state index in [-0.39, 0.29) is 0 Å². The van der Waals surface area contributed by atoms with Gasteiger partial charge in [-0.2, -0.15) is 5.10 Å². The Bertz CT molecular complexity index is 370. The van der Waals surface area contributed by atoms with Gasteiger partial charge in [0.25, 0.3) is 5.91 Å². The summed E-state index contributed by atoms with van der Waals surface area (Å²) in [5.74, 6) is -0.455. The third-order valence-corrected chi connectivity index (χ3v) is 2.49. The van der Waals surface area contributed by atoms with Crippen LogP contribution in [0.5, 0.6) is 0 Å². The predicted molar refractivity (Wildman–Crippen MR) is 50.0 cm³/mol. The van der Waals surface area contributed by atoms with Gasteiger partial charge >= 0.3 is 0 Å². The van der Waals surface area contributed by atoms with Crippen LogP contribution in [0.3, 0.4) is 0 Å². The van der Waals surface area contributed by atoms with E-state index in [1.165, 1.54) is 0 Å². The Morgan fingerprint density at radius 2 is 2.21 bits per heavy atom. The summed E-state index contributed by atoms with van der Waals surface area (Å²) in [7, 11) is 1.83. The number of hydrogen-bond acceptors (Lipinski definition) is 3. The first-order chi connectivity index (χ1) is 6.70. The number of primary amides is 1. The van der Waals surface area contributed by atoms with Crippen molar-refractivity contribution in [3.8, 4) is 0 Å². The number of amides is 1. The lowest BCUT2D eigenvalue weighted by atomic mass is 10.1. The standard InChI is InChI=1S/C9H13N3O2/c1-12-7-3-5-14-4-2-6(7)8(11-12)9(10)13/h2-5H2,1H3,(H2,10,13). The Kier molecular flexibility index (Phi) is 2.25. The molecule has 0 saturated heterocycles. The largest absolute Gasteiger partial charge is 0.381 e. The van der Waals surface area contributed by atoms with E-state index >= 15 is 0 Å². The van der Waals surface area contributed by atoms with Crippen LogP contribution in [0.2, 0.25) is 0 Å². The summed E-state index contributed by atoms with van der Waals surface area (Å²) in [5, 5.41) is 4.12. The third-order valence-electron chi connectivity index (χ3n) is 2.49. The zero-order valence-corrected chi connectivity index (χ0v) is 8.12. The molecule has 0 atom stereocenters. The van der Waals surface area contributed by atoms with Gasteiger partial charge in [-0.05, 0) is 6.42 Å².